The lowest BCUT2D eigenvalue weighted by Crippen LogP contribution is -2.67. The summed E-state index contributed by atoms with van der Waals surface area (Å²) in [5.41, 5.74) is 0. The first-order valence-electron chi connectivity index (χ1n) is 31.4. The van der Waals surface area contributed by atoms with Gasteiger partial charge in [0.25, 0.3) is 5.91 Å². The molecule has 3 saturated heterocycles. The van der Waals surface area contributed by atoms with Gasteiger partial charge in [-0.15, -0.1) is 0 Å². The Hall–Kier alpha value is -1.62. The monoisotopic (exact) mass is 1170 g/mol. The second kappa shape index (κ2) is 42.3. The molecule has 478 valence electrons. The summed E-state index contributed by atoms with van der Waals surface area (Å²) in [5.74, 6) is -2.49. The van der Waals surface area contributed by atoms with Gasteiger partial charge in [-0.25, -0.2) is 0 Å². The van der Waals surface area contributed by atoms with Crippen molar-refractivity contribution in [3.63, 3.8) is 0 Å². The fraction of sp³-hybridized carbons (Fsp3) is 0.966. The number of rotatable bonds is 46. The van der Waals surface area contributed by atoms with E-state index in [0.29, 0.717) is 12.8 Å². The van der Waals surface area contributed by atoms with Gasteiger partial charge in [-0.05, 0) is 19.8 Å². The van der Waals surface area contributed by atoms with Gasteiger partial charge in [0.15, 0.2) is 30.8 Å². The van der Waals surface area contributed by atoms with Gasteiger partial charge in [0.1, 0.15) is 79.4 Å². The summed E-state index contributed by atoms with van der Waals surface area (Å²) in [7, 11) is 0. The third-order valence-corrected chi connectivity index (χ3v) is 16.4. The van der Waals surface area contributed by atoms with Crippen molar-refractivity contribution in [2.45, 2.75) is 342 Å². The average Bonchev–Trinajstić information content (AvgIpc) is 3.60. The zero-order valence-corrected chi connectivity index (χ0v) is 49.2. The maximum Gasteiger partial charge on any atom is 0.257 e. The van der Waals surface area contributed by atoms with E-state index in [4.69, 9.17) is 28.4 Å². The summed E-state index contributed by atoms with van der Waals surface area (Å²) in [6, 6.07) is -1.62. The number of nitrogens with one attached hydrogen (secondary N) is 1. The first kappa shape index (κ1) is 73.6. The lowest BCUT2D eigenvalue weighted by molar-refractivity contribution is -0.386. The molecule has 3 fully saturated rings. The Morgan fingerprint density at radius 2 is 0.852 bits per heavy atom. The van der Waals surface area contributed by atoms with E-state index in [9.17, 15) is 76.0 Å². The van der Waals surface area contributed by atoms with E-state index in [1.54, 1.807) is 0 Å². The zero-order chi connectivity index (χ0) is 59.7. The topological polar surface area (TPSA) is 365 Å². The summed E-state index contributed by atoms with van der Waals surface area (Å²) in [6.45, 7) is 3.18. The first-order valence-corrected chi connectivity index (χ1v) is 31.4. The quantitative estimate of drug-likeness (QED) is 0.0307. The Balaban J connectivity index is 1.64. The Kier molecular flexibility index (Phi) is 38.4. The number of carbonyl (C=O) groups is 2. The van der Waals surface area contributed by atoms with Crippen LogP contribution in [0, 0.1) is 0 Å². The molecular weight excluding hydrogens is 1060 g/mol. The molecule has 20 atom stereocenters. The summed E-state index contributed by atoms with van der Waals surface area (Å²) >= 11 is 0. The molecule has 22 heteroatoms. The molecule has 0 radical (unpaired) electrons. The van der Waals surface area contributed by atoms with Crippen LogP contribution >= 0.6 is 0 Å². The molecule has 3 aliphatic rings. The van der Waals surface area contributed by atoms with Gasteiger partial charge < -0.3 is 100 Å². The molecule has 3 heterocycles. The normalized spacial score (nSPS) is 30.9. The maximum atomic E-state index is 13.6. The van der Waals surface area contributed by atoms with Gasteiger partial charge in [-0.2, -0.15) is 0 Å². The predicted octanol–water partition coefficient (Wildman–Crippen LogP) is 3.11. The number of carbonyl (C=O) groups excluding carboxylic acids is 2. The van der Waals surface area contributed by atoms with Crippen LogP contribution in [0.1, 0.15) is 220 Å². The Bertz CT molecular complexity index is 1610. The summed E-state index contributed by atoms with van der Waals surface area (Å²) in [4.78, 5) is 26.9. The van der Waals surface area contributed by atoms with Crippen LogP contribution in [0.3, 0.4) is 0 Å². The molecule has 3 rings (SSSR count). The molecule has 22 nitrogen and oxygen atoms in total. The number of amides is 1. The van der Waals surface area contributed by atoms with E-state index < -0.39 is 154 Å². The Morgan fingerprint density at radius 3 is 1.31 bits per heavy atom. The van der Waals surface area contributed by atoms with Crippen molar-refractivity contribution in [3.8, 4) is 0 Å². The van der Waals surface area contributed by atoms with E-state index in [0.717, 1.165) is 70.6 Å². The lowest BCUT2D eigenvalue weighted by Gasteiger charge is -2.49. The van der Waals surface area contributed by atoms with E-state index in [1.165, 1.54) is 110 Å². The minimum atomic E-state index is -2.39. The molecule has 0 aromatic heterocycles. The number of hydrogen-bond acceptors (Lipinski definition) is 21. The number of unbranched alkanes of at least 4 members (excludes halogenated alkanes) is 27. The number of ether oxygens (including phenoxy) is 6. The highest BCUT2D eigenvalue weighted by Gasteiger charge is 2.54. The highest BCUT2D eigenvalue weighted by Crippen LogP contribution is 2.34. The summed E-state index contributed by atoms with van der Waals surface area (Å²) in [6.07, 6.45) is -1.17. The SMILES string of the molecule is CCCCCCCCCCCCCCCCCCCCCC(O)C(=O)C(O)C(=O)NC(COC1OC(CO)C(OC2OC(CO)C(O)C(O)C2O)C(OC2OC(C)C(O)C(O)C2O)C1O)C(O)C(O)CCCCCCCCCCCC. The standard InChI is InChI=1S/C59H111NO21/c1-4-6-8-10-12-14-16-17-18-19-20-21-22-23-24-26-28-30-32-34-41(64)46(67)50(71)56(75)60-39(45(66)40(63)33-31-29-27-25-15-13-11-9-7-5-2)37-76-57-53(74)55(81-58-51(72)48(69)44(65)38(3)77-58)54(43(36-62)79-57)80-59-52(73)49(70)47(68)42(35-61)78-59/h38-45,47-55,57-59,61-66,68-74H,4-37H2,1-3H3,(H,60,75). The molecule has 0 aromatic carbocycles. The molecule has 20 unspecified atom stereocenters. The van der Waals surface area contributed by atoms with Gasteiger partial charge in [0.2, 0.25) is 0 Å². The zero-order valence-electron chi connectivity index (χ0n) is 49.2. The second-order valence-corrected chi connectivity index (χ2v) is 23.2. The molecule has 81 heavy (non-hydrogen) atoms. The third-order valence-electron chi connectivity index (χ3n) is 16.4. The number of hydrogen-bond donors (Lipinski definition) is 14. The number of Topliss-reactive ketones (excluding diaryl/α,β-unsaturated/α-hetero) is 1. The Labute approximate surface area is 482 Å². The van der Waals surface area contributed by atoms with E-state index in [2.05, 4.69) is 19.2 Å². The summed E-state index contributed by atoms with van der Waals surface area (Å²) < 4.78 is 34.9. The van der Waals surface area contributed by atoms with Crippen molar-refractivity contribution >= 4 is 11.7 Å². The third kappa shape index (κ3) is 26.1. The fourth-order valence-corrected chi connectivity index (χ4v) is 10.9. The van der Waals surface area contributed by atoms with Crippen molar-refractivity contribution in [3.05, 3.63) is 0 Å². The maximum absolute atomic E-state index is 13.6. The van der Waals surface area contributed by atoms with Crippen LogP contribution in [-0.2, 0) is 38.0 Å². The van der Waals surface area contributed by atoms with Crippen LogP contribution in [0.5, 0.6) is 0 Å². The van der Waals surface area contributed by atoms with Gasteiger partial charge in [0.05, 0.1) is 38.1 Å². The van der Waals surface area contributed by atoms with Crippen LogP contribution in [0.4, 0.5) is 0 Å². The molecule has 0 aromatic rings. The first-order chi connectivity index (χ1) is 38.9. The van der Waals surface area contributed by atoms with Crippen LogP contribution in [0.15, 0.2) is 0 Å². The van der Waals surface area contributed by atoms with Crippen molar-refractivity contribution in [2.75, 3.05) is 19.8 Å². The predicted molar refractivity (Wildman–Crippen MR) is 299 cm³/mol. The van der Waals surface area contributed by atoms with Crippen LogP contribution in [-0.4, -0.2) is 220 Å². The molecule has 3 aliphatic heterocycles. The molecule has 1 amide bonds. The molecule has 0 bridgehead atoms. The average molecular weight is 1170 g/mol. The fourth-order valence-electron chi connectivity index (χ4n) is 10.9. The molecule has 14 N–H and O–H groups in total. The van der Waals surface area contributed by atoms with Crippen LogP contribution in [0.25, 0.3) is 0 Å². The van der Waals surface area contributed by atoms with Gasteiger partial charge in [-0.3, -0.25) is 9.59 Å². The minimum absolute atomic E-state index is 0.00338. The highest BCUT2D eigenvalue weighted by atomic mass is 16.8. The second-order valence-electron chi connectivity index (χ2n) is 23.2. The molecule has 0 spiro atoms. The van der Waals surface area contributed by atoms with Crippen molar-refractivity contribution < 1.29 is 104 Å². The van der Waals surface area contributed by atoms with Crippen molar-refractivity contribution in [2.24, 2.45) is 0 Å². The van der Waals surface area contributed by atoms with E-state index in [1.807, 2.05) is 0 Å². The van der Waals surface area contributed by atoms with E-state index >= 15 is 0 Å². The molecule has 0 saturated carbocycles. The largest absolute Gasteiger partial charge is 0.394 e. The molecular formula is C59H111NO21. The summed E-state index contributed by atoms with van der Waals surface area (Å²) in [5, 5.41) is 143. The number of aliphatic hydroxyl groups is 13. The van der Waals surface area contributed by atoms with Crippen molar-refractivity contribution in [1.29, 1.82) is 0 Å². The molecule has 0 aliphatic carbocycles. The van der Waals surface area contributed by atoms with Gasteiger partial charge in [0, 0.05) is 0 Å². The number of aliphatic hydroxyl groups excluding tert-OH is 13. The lowest BCUT2D eigenvalue weighted by atomic mass is 9.96. The van der Waals surface area contributed by atoms with Crippen molar-refractivity contribution in [1.82, 2.24) is 5.32 Å². The highest BCUT2D eigenvalue weighted by molar-refractivity contribution is 6.05. The van der Waals surface area contributed by atoms with Crippen LogP contribution in [0.2, 0.25) is 0 Å². The van der Waals surface area contributed by atoms with Crippen LogP contribution < -0.4 is 5.32 Å². The smallest absolute Gasteiger partial charge is 0.257 e. The Morgan fingerprint density at radius 1 is 0.457 bits per heavy atom. The van der Waals surface area contributed by atoms with E-state index in [-0.39, 0.29) is 12.8 Å². The van der Waals surface area contributed by atoms with Gasteiger partial charge >= 0.3 is 0 Å². The minimum Gasteiger partial charge on any atom is -0.394 e. The number of ketones is 1. The van der Waals surface area contributed by atoms with Gasteiger partial charge in [-0.1, -0.05) is 200 Å².